The molecule has 3 aromatic rings. The number of nitrogens with one attached hydrogen (secondary N) is 1. The van der Waals surface area contributed by atoms with Crippen molar-refractivity contribution in [1.29, 1.82) is 0 Å². The number of rotatable bonds is 7. The van der Waals surface area contributed by atoms with Crippen LogP contribution < -0.4 is 5.32 Å². The maximum atomic E-state index is 13.9. The predicted octanol–water partition coefficient (Wildman–Crippen LogP) is 4.63. The van der Waals surface area contributed by atoms with Crippen molar-refractivity contribution >= 4 is 11.8 Å². The molecule has 1 atom stereocenters. The van der Waals surface area contributed by atoms with Gasteiger partial charge in [0.25, 0.3) is 0 Å². The van der Waals surface area contributed by atoms with Gasteiger partial charge in [-0.2, -0.15) is 0 Å². The van der Waals surface area contributed by atoms with Crippen molar-refractivity contribution in [2.24, 2.45) is 5.41 Å². The summed E-state index contributed by atoms with van der Waals surface area (Å²) in [6.45, 7) is 0.892. The van der Waals surface area contributed by atoms with Crippen LogP contribution in [-0.4, -0.2) is 36.9 Å². The molecule has 0 spiro atoms. The predicted molar refractivity (Wildman–Crippen MR) is 128 cm³/mol. The Labute approximate surface area is 194 Å². The Kier molecular flexibility index (Phi) is 6.87. The summed E-state index contributed by atoms with van der Waals surface area (Å²) in [6.07, 6.45) is 1.73. The molecule has 3 aromatic carbocycles. The molecular weight excluding hydrogens is 415 g/mol. The zero-order valence-electron chi connectivity index (χ0n) is 18.9. The van der Waals surface area contributed by atoms with Gasteiger partial charge in [0.2, 0.25) is 11.8 Å². The highest BCUT2D eigenvalue weighted by Gasteiger charge is 2.45. The van der Waals surface area contributed by atoms with Gasteiger partial charge < -0.3 is 10.2 Å². The second-order valence-corrected chi connectivity index (χ2v) is 8.72. The smallest absolute Gasteiger partial charge is 0.228 e. The van der Waals surface area contributed by atoms with Crippen LogP contribution >= 0.6 is 0 Å². The Morgan fingerprint density at radius 3 is 2.33 bits per heavy atom. The minimum Gasteiger partial charge on any atom is -0.359 e. The fraction of sp³-hybridized carbons (Fsp3) is 0.286. The summed E-state index contributed by atoms with van der Waals surface area (Å²) in [4.78, 5) is 27.8. The van der Waals surface area contributed by atoms with E-state index in [4.69, 9.17) is 0 Å². The monoisotopic (exact) mass is 444 g/mol. The normalized spacial score (nSPS) is 17.7. The molecule has 1 fully saturated rings. The van der Waals surface area contributed by atoms with E-state index in [9.17, 15) is 14.0 Å². The van der Waals surface area contributed by atoms with Crippen LogP contribution in [0, 0.1) is 11.2 Å². The van der Waals surface area contributed by atoms with Gasteiger partial charge in [-0.25, -0.2) is 4.39 Å². The van der Waals surface area contributed by atoms with E-state index >= 15 is 0 Å². The number of likely N-dealkylation sites (tertiary alicyclic amines) is 1. The summed E-state index contributed by atoms with van der Waals surface area (Å²) in [5.74, 6) is -0.376. The molecule has 0 bridgehead atoms. The number of amides is 2. The van der Waals surface area contributed by atoms with Crippen LogP contribution in [-0.2, 0) is 22.4 Å². The molecule has 170 valence electrons. The number of hydrogen-bond donors (Lipinski definition) is 1. The molecule has 33 heavy (non-hydrogen) atoms. The molecule has 1 aliphatic heterocycles. The summed E-state index contributed by atoms with van der Waals surface area (Å²) in [6, 6.07) is 24.8. The molecule has 4 rings (SSSR count). The number of benzene rings is 3. The van der Waals surface area contributed by atoms with Gasteiger partial charge in [-0.05, 0) is 47.6 Å². The number of hydrogen-bond acceptors (Lipinski definition) is 2. The first-order valence-electron chi connectivity index (χ1n) is 11.4. The van der Waals surface area contributed by atoms with Crippen LogP contribution in [0.1, 0.15) is 24.0 Å². The molecule has 4 nitrogen and oxygen atoms in total. The maximum Gasteiger partial charge on any atom is 0.228 e. The van der Waals surface area contributed by atoms with Crippen molar-refractivity contribution < 1.29 is 14.0 Å². The van der Waals surface area contributed by atoms with Crippen LogP contribution in [0.25, 0.3) is 11.1 Å². The number of nitrogens with zero attached hydrogens (tertiary/aromatic N) is 1. The van der Waals surface area contributed by atoms with Gasteiger partial charge in [0, 0.05) is 26.6 Å². The van der Waals surface area contributed by atoms with Crippen LogP contribution in [0.5, 0.6) is 0 Å². The summed E-state index contributed by atoms with van der Waals surface area (Å²) in [5.41, 5.74) is 3.15. The largest absolute Gasteiger partial charge is 0.359 e. The lowest BCUT2D eigenvalue weighted by Crippen LogP contribution is -2.44. The van der Waals surface area contributed by atoms with Gasteiger partial charge in [0.05, 0.1) is 5.41 Å². The molecule has 5 heteroatoms. The van der Waals surface area contributed by atoms with E-state index in [2.05, 4.69) is 29.6 Å². The van der Waals surface area contributed by atoms with E-state index in [0.717, 1.165) is 16.7 Å². The molecule has 0 aliphatic carbocycles. The lowest BCUT2D eigenvalue weighted by atomic mass is 9.78. The van der Waals surface area contributed by atoms with Gasteiger partial charge in [0.1, 0.15) is 5.82 Å². The second-order valence-electron chi connectivity index (χ2n) is 8.72. The van der Waals surface area contributed by atoms with Gasteiger partial charge in [-0.3, -0.25) is 9.59 Å². The molecule has 1 saturated heterocycles. The van der Waals surface area contributed by atoms with Gasteiger partial charge in [0.15, 0.2) is 0 Å². The third-order valence-corrected chi connectivity index (χ3v) is 6.61. The molecule has 1 N–H and O–H groups in total. The fourth-order valence-electron chi connectivity index (χ4n) is 4.80. The highest BCUT2D eigenvalue weighted by molar-refractivity contribution is 5.86. The number of carbonyl (C=O) groups is 2. The minimum atomic E-state index is -0.687. The molecule has 2 amide bonds. The van der Waals surface area contributed by atoms with Gasteiger partial charge in [-0.15, -0.1) is 0 Å². The van der Waals surface area contributed by atoms with E-state index in [1.807, 2.05) is 30.3 Å². The Hall–Kier alpha value is -3.47. The van der Waals surface area contributed by atoms with Gasteiger partial charge in [-0.1, -0.05) is 72.8 Å². The third kappa shape index (κ3) is 4.98. The minimum absolute atomic E-state index is 0.0413. The van der Waals surface area contributed by atoms with Crippen LogP contribution in [0.2, 0.25) is 0 Å². The second kappa shape index (κ2) is 9.99. The molecule has 0 radical (unpaired) electrons. The molecule has 0 saturated carbocycles. The first-order valence-corrected chi connectivity index (χ1v) is 11.4. The quantitative estimate of drug-likeness (QED) is 0.578. The summed E-state index contributed by atoms with van der Waals surface area (Å²) >= 11 is 0. The number of halogens is 1. The molecule has 0 aromatic heterocycles. The van der Waals surface area contributed by atoms with Crippen molar-refractivity contribution in [3.05, 3.63) is 95.8 Å². The number of aryl methyl sites for hydroxylation is 1. The zero-order chi connectivity index (χ0) is 23.3. The van der Waals surface area contributed by atoms with Crippen molar-refractivity contribution in [2.75, 3.05) is 20.1 Å². The first-order chi connectivity index (χ1) is 16.0. The average molecular weight is 445 g/mol. The molecule has 1 aliphatic rings. The fourth-order valence-corrected chi connectivity index (χ4v) is 4.80. The van der Waals surface area contributed by atoms with Crippen molar-refractivity contribution in [3.63, 3.8) is 0 Å². The van der Waals surface area contributed by atoms with E-state index in [1.165, 1.54) is 6.07 Å². The summed E-state index contributed by atoms with van der Waals surface area (Å²) in [7, 11) is 1.65. The number of carbonyl (C=O) groups excluding carboxylic acids is 2. The van der Waals surface area contributed by atoms with Crippen LogP contribution in [0.15, 0.2) is 78.9 Å². The van der Waals surface area contributed by atoms with Crippen LogP contribution in [0.3, 0.4) is 0 Å². The lowest BCUT2D eigenvalue weighted by molar-refractivity contribution is -0.133. The summed E-state index contributed by atoms with van der Waals surface area (Å²) in [5, 5.41) is 2.83. The lowest BCUT2D eigenvalue weighted by Gasteiger charge is -2.28. The Morgan fingerprint density at radius 1 is 0.939 bits per heavy atom. The van der Waals surface area contributed by atoms with E-state index in [1.54, 1.807) is 30.1 Å². The molecular formula is C28H29FN2O2. The first kappa shape index (κ1) is 22.7. The standard InChI is InChI=1S/C28H29FN2O2/c1-30-27(33)28(19-23-12-5-7-13-24(23)21-9-3-2-4-10-21)17-18-31(20-28)26(32)16-15-22-11-6-8-14-25(22)29/h2-14H,15-20H2,1H3,(H,30,33)/t28-/m0/s1. The Morgan fingerprint density at radius 2 is 1.61 bits per heavy atom. The topological polar surface area (TPSA) is 49.4 Å². The third-order valence-electron chi connectivity index (χ3n) is 6.61. The van der Waals surface area contributed by atoms with E-state index < -0.39 is 5.41 Å². The van der Waals surface area contributed by atoms with Crippen molar-refractivity contribution in [2.45, 2.75) is 25.7 Å². The van der Waals surface area contributed by atoms with E-state index in [-0.39, 0.29) is 24.1 Å². The average Bonchev–Trinajstić information content (AvgIpc) is 3.29. The van der Waals surface area contributed by atoms with Crippen molar-refractivity contribution in [3.8, 4) is 11.1 Å². The van der Waals surface area contributed by atoms with Crippen molar-refractivity contribution in [1.82, 2.24) is 10.2 Å². The Balaban J connectivity index is 1.52. The summed E-state index contributed by atoms with van der Waals surface area (Å²) < 4.78 is 13.9. The molecule has 0 unspecified atom stereocenters. The zero-order valence-corrected chi connectivity index (χ0v) is 18.9. The highest BCUT2D eigenvalue weighted by atomic mass is 19.1. The van der Waals surface area contributed by atoms with Gasteiger partial charge >= 0.3 is 0 Å². The molecule has 1 heterocycles. The Bertz CT molecular complexity index is 1130. The van der Waals surface area contributed by atoms with E-state index in [0.29, 0.717) is 37.9 Å². The van der Waals surface area contributed by atoms with Crippen LogP contribution in [0.4, 0.5) is 4.39 Å². The SMILES string of the molecule is CNC(=O)[C@]1(Cc2ccccc2-c2ccccc2)CCN(C(=O)CCc2ccccc2F)C1. The highest BCUT2D eigenvalue weighted by Crippen LogP contribution is 2.37. The maximum absolute atomic E-state index is 13.9.